The second kappa shape index (κ2) is 12.3. The summed E-state index contributed by atoms with van der Waals surface area (Å²) in [5, 5.41) is 0. The Balaban J connectivity index is -0.000000107. The predicted octanol–water partition coefficient (Wildman–Crippen LogP) is 2.63. The van der Waals surface area contributed by atoms with Gasteiger partial charge in [0.05, 0.1) is 0 Å². The normalized spacial score (nSPS) is 6.91. The molecule has 0 N–H and O–H groups in total. The standard InChI is InChI=1S/2C4H7N.Pd/c2*1-4(2)5-3;/h2*4H,1-2H3;. The van der Waals surface area contributed by atoms with E-state index < -0.39 is 0 Å². The van der Waals surface area contributed by atoms with Crippen LogP contribution in [0.2, 0.25) is 0 Å². The van der Waals surface area contributed by atoms with Gasteiger partial charge in [-0.2, -0.15) is 0 Å². The molecule has 0 aliphatic carbocycles. The average molecular weight is 245 g/mol. The molecule has 0 aromatic carbocycles. The summed E-state index contributed by atoms with van der Waals surface area (Å²) < 4.78 is 0. The van der Waals surface area contributed by atoms with Crippen molar-refractivity contribution >= 4 is 0 Å². The second-order valence-corrected chi connectivity index (χ2v) is 2.45. The van der Waals surface area contributed by atoms with Crippen LogP contribution in [-0.4, -0.2) is 12.1 Å². The van der Waals surface area contributed by atoms with Crippen molar-refractivity contribution in [3.63, 3.8) is 0 Å². The molecule has 66 valence electrons. The Morgan fingerprint density at radius 1 is 0.818 bits per heavy atom. The van der Waals surface area contributed by atoms with Crippen LogP contribution in [0.5, 0.6) is 0 Å². The third-order valence-electron chi connectivity index (χ3n) is 0.516. The molecule has 2 nitrogen and oxygen atoms in total. The van der Waals surface area contributed by atoms with Gasteiger partial charge in [-0.15, -0.1) is 0 Å². The number of rotatable bonds is 0. The van der Waals surface area contributed by atoms with Crippen LogP contribution in [0.3, 0.4) is 0 Å². The van der Waals surface area contributed by atoms with E-state index >= 15 is 0 Å². The second-order valence-electron chi connectivity index (χ2n) is 2.45. The molecule has 0 saturated heterocycles. The SMILES string of the molecule is [C-]#[N+]C(C)C.[C-]#[N+]C(C)C.[Pd]. The molecule has 0 unspecified atom stereocenters. The summed E-state index contributed by atoms with van der Waals surface area (Å²) in [5.74, 6) is 0. The van der Waals surface area contributed by atoms with Gasteiger partial charge in [0.15, 0.2) is 0 Å². The van der Waals surface area contributed by atoms with Crippen LogP contribution >= 0.6 is 0 Å². The molecule has 0 heterocycles. The van der Waals surface area contributed by atoms with Crippen molar-refractivity contribution in [2.75, 3.05) is 0 Å². The fourth-order valence-electron chi connectivity index (χ4n) is 0. The van der Waals surface area contributed by atoms with Gasteiger partial charge < -0.3 is 9.69 Å². The van der Waals surface area contributed by atoms with E-state index in [0.29, 0.717) is 0 Å². The van der Waals surface area contributed by atoms with Crippen molar-refractivity contribution in [3.05, 3.63) is 22.8 Å². The largest absolute Gasteiger partial charge is 0.314 e. The monoisotopic (exact) mass is 244 g/mol. The molecule has 11 heavy (non-hydrogen) atoms. The molecule has 0 fully saturated rings. The summed E-state index contributed by atoms with van der Waals surface area (Å²) in [5.41, 5.74) is 0. The first-order valence-corrected chi connectivity index (χ1v) is 3.27. The third kappa shape index (κ3) is 42.4. The summed E-state index contributed by atoms with van der Waals surface area (Å²) in [6, 6.07) is 0.352. The van der Waals surface area contributed by atoms with Crippen LogP contribution in [0, 0.1) is 13.1 Å². The van der Waals surface area contributed by atoms with Crippen LogP contribution in [-0.2, 0) is 20.4 Å². The van der Waals surface area contributed by atoms with Gasteiger partial charge in [0.25, 0.3) is 0 Å². The molecule has 3 heteroatoms. The summed E-state index contributed by atoms with van der Waals surface area (Å²) in [6.45, 7) is 20.0. The van der Waals surface area contributed by atoms with Crippen LogP contribution in [0.1, 0.15) is 27.7 Å². The Morgan fingerprint density at radius 3 is 0.909 bits per heavy atom. The molecule has 0 rings (SSSR count). The minimum absolute atomic E-state index is 0. The molecule has 0 aliphatic rings. The van der Waals surface area contributed by atoms with Crippen LogP contribution in [0.25, 0.3) is 9.69 Å². The Bertz CT molecular complexity index is 121. The molecule has 0 aliphatic heterocycles. The maximum absolute atomic E-state index is 6.28. The maximum atomic E-state index is 6.28. The minimum atomic E-state index is 0. The van der Waals surface area contributed by atoms with Crippen molar-refractivity contribution in [2.45, 2.75) is 39.8 Å². The summed E-state index contributed by atoms with van der Waals surface area (Å²) in [4.78, 5) is 6.28. The fraction of sp³-hybridized carbons (Fsp3) is 0.750. The van der Waals surface area contributed by atoms with E-state index in [-0.39, 0.29) is 32.5 Å². The maximum Gasteiger partial charge on any atom is 0.218 e. The molecule has 0 aromatic heterocycles. The van der Waals surface area contributed by atoms with Crippen molar-refractivity contribution in [1.29, 1.82) is 0 Å². The van der Waals surface area contributed by atoms with Crippen LogP contribution in [0.15, 0.2) is 0 Å². The van der Waals surface area contributed by atoms with E-state index in [1.807, 2.05) is 27.7 Å². The van der Waals surface area contributed by atoms with Gasteiger partial charge in [-0.3, -0.25) is 0 Å². The van der Waals surface area contributed by atoms with Gasteiger partial charge in [-0.1, -0.05) is 0 Å². The van der Waals surface area contributed by atoms with Crippen molar-refractivity contribution in [3.8, 4) is 0 Å². The Labute approximate surface area is 83.3 Å². The summed E-state index contributed by atoms with van der Waals surface area (Å²) in [6.07, 6.45) is 0. The fourth-order valence-corrected chi connectivity index (χ4v) is 0. The van der Waals surface area contributed by atoms with E-state index in [9.17, 15) is 0 Å². The van der Waals surface area contributed by atoms with E-state index in [4.69, 9.17) is 13.1 Å². The third-order valence-corrected chi connectivity index (χ3v) is 0.516. The van der Waals surface area contributed by atoms with Gasteiger partial charge in [0.2, 0.25) is 12.1 Å². The topological polar surface area (TPSA) is 8.72 Å². The minimum Gasteiger partial charge on any atom is -0.314 e. The van der Waals surface area contributed by atoms with Gasteiger partial charge in [0.1, 0.15) is 0 Å². The molecule has 0 saturated carbocycles. The van der Waals surface area contributed by atoms with Crippen molar-refractivity contribution in [1.82, 2.24) is 0 Å². The first kappa shape index (κ1) is 16.9. The van der Waals surface area contributed by atoms with Gasteiger partial charge in [-0.05, 0) is 0 Å². The molecule has 0 radical (unpaired) electrons. The Hall–Kier alpha value is -0.358. The van der Waals surface area contributed by atoms with Gasteiger partial charge >= 0.3 is 0 Å². The Morgan fingerprint density at radius 2 is 0.909 bits per heavy atom. The van der Waals surface area contributed by atoms with Crippen molar-refractivity contribution < 1.29 is 20.4 Å². The first-order valence-electron chi connectivity index (χ1n) is 3.27. The molecule has 0 spiro atoms. The summed E-state index contributed by atoms with van der Waals surface area (Å²) in [7, 11) is 0. The quantitative estimate of drug-likeness (QED) is 0.458. The zero-order chi connectivity index (χ0) is 8.57. The zero-order valence-electron chi connectivity index (χ0n) is 7.37. The van der Waals surface area contributed by atoms with Crippen LogP contribution in [0.4, 0.5) is 0 Å². The van der Waals surface area contributed by atoms with Crippen molar-refractivity contribution in [2.24, 2.45) is 0 Å². The zero-order valence-corrected chi connectivity index (χ0v) is 8.92. The molecule has 0 aromatic rings. The first-order chi connectivity index (χ1) is 4.54. The smallest absolute Gasteiger partial charge is 0.218 e. The van der Waals surface area contributed by atoms with E-state index in [1.54, 1.807) is 0 Å². The van der Waals surface area contributed by atoms with E-state index in [0.717, 1.165) is 0 Å². The average Bonchev–Trinajstić information content (AvgIpc) is 1.89. The molecule has 0 bridgehead atoms. The van der Waals surface area contributed by atoms with E-state index in [1.165, 1.54) is 0 Å². The number of hydrogen-bond acceptors (Lipinski definition) is 0. The van der Waals surface area contributed by atoms with Gasteiger partial charge in [0, 0.05) is 48.1 Å². The number of hydrogen-bond donors (Lipinski definition) is 0. The number of nitrogens with zero attached hydrogens (tertiary/aromatic N) is 2. The van der Waals surface area contributed by atoms with Crippen LogP contribution < -0.4 is 0 Å². The molecule has 0 atom stereocenters. The molecular weight excluding hydrogens is 231 g/mol. The molecule has 0 amide bonds. The van der Waals surface area contributed by atoms with Gasteiger partial charge in [-0.25, -0.2) is 13.1 Å². The molecular formula is C8H14N2Pd. The summed E-state index contributed by atoms with van der Waals surface area (Å²) >= 11 is 0. The Kier molecular flexibility index (Phi) is 19.0. The van der Waals surface area contributed by atoms with E-state index in [2.05, 4.69) is 9.69 Å². The predicted molar refractivity (Wildman–Crippen MR) is 43.5 cm³/mol.